The highest BCUT2D eigenvalue weighted by molar-refractivity contribution is 5.82. The van der Waals surface area contributed by atoms with E-state index in [2.05, 4.69) is 34.5 Å². The summed E-state index contributed by atoms with van der Waals surface area (Å²) in [6.45, 7) is 3.01. The summed E-state index contributed by atoms with van der Waals surface area (Å²) in [5, 5.41) is 13.2. The van der Waals surface area contributed by atoms with E-state index in [9.17, 15) is 9.90 Å². The molecular formula is C20H22N2O2. The first-order chi connectivity index (χ1) is 11.7. The fraction of sp³-hybridized carbons (Fsp3) is 0.350. The van der Waals surface area contributed by atoms with Gasteiger partial charge >= 0.3 is 0 Å². The Morgan fingerprint density at radius 3 is 2.25 bits per heavy atom. The first-order valence-corrected chi connectivity index (χ1v) is 8.52. The zero-order valence-electron chi connectivity index (χ0n) is 13.5. The Bertz CT molecular complexity index is 692. The Morgan fingerprint density at radius 2 is 1.62 bits per heavy atom. The minimum atomic E-state index is -1.08. The molecule has 4 rings (SSSR count). The Balaban J connectivity index is 1.27. The number of benzene rings is 2. The van der Waals surface area contributed by atoms with Crippen molar-refractivity contribution in [3.63, 3.8) is 0 Å². The van der Waals surface area contributed by atoms with Crippen LogP contribution in [-0.4, -0.2) is 35.0 Å². The molecule has 1 aliphatic heterocycles. The molecule has 0 aromatic heterocycles. The van der Waals surface area contributed by atoms with Gasteiger partial charge in [-0.2, -0.15) is 0 Å². The van der Waals surface area contributed by atoms with Gasteiger partial charge in [-0.15, -0.1) is 0 Å². The molecule has 1 heterocycles. The molecule has 124 valence electrons. The number of aliphatic hydroxyl groups is 1. The van der Waals surface area contributed by atoms with Gasteiger partial charge in [0.25, 0.3) is 5.91 Å². The Labute approximate surface area is 142 Å². The molecule has 0 radical (unpaired) electrons. The van der Waals surface area contributed by atoms with Gasteiger partial charge in [-0.05, 0) is 23.0 Å². The quantitative estimate of drug-likeness (QED) is 0.885. The minimum Gasteiger partial charge on any atom is -0.378 e. The van der Waals surface area contributed by atoms with Crippen molar-refractivity contribution in [1.29, 1.82) is 0 Å². The lowest BCUT2D eigenvalue weighted by atomic mass is 10.1. The molecule has 1 saturated carbocycles. The number of aliphatic hydroxyl groups excluding tert-OH is 1. The third-order valence-electron chi connectivity index (χ3n) is 5.19. The molecule has 0 bridgehead atoms. The number of carbonyl (C=O) groups is 1. The molecule has 4 atom stereocenters. The summed E-state index contributed by atoms with van der Waals surface area (Å²) in [6, 6.07) is 19.8. The number of hydrogen-bond donors (Lipinski definition) is 2. The summed E-state index contributed by atoms with van der Waals surface area (Å²) in [7, 11) is 0. The van der Waals surface area contributed by atoms with E-state index in [4.69, 9.17) is 0 Å². The lowest BCUT2D eigenvalue weighted by Crippen LogP contribution is -2.37. The lowest BCUT2D eigenvalue weighted by Gasteiger charge is -2.20. The molecule has 2 N–H and O–H groups in total. The molecule has 1 unspecified atom stereocenters. The summed E-state index contributed by atoms with van der Waals surface area (Å²) in [6.07, 6.45) is -1.08. The van der Waals surface area contributed by atoms with Crippen LogP contribution in [0, 0.1) is 11.8 Å². The van der Waals surface area contributed by atoms with E-state index in [1.54, 1.807) is 12.1 Å². The minimum absolute atomic E-state index is 0.225. The number of piperidine rings is 1. The Kier molecular flexibility index (Phi) is 4.08. The van der Waals surface area contributed by atoms with Gasteiger partial charge < -0.3 is 10.4 Å². The average molecular weight is 322 g/mol. The topological polar surface area (TPSA) is 52.6 Å². The monoisotopic (exact) mass is 322 g/mol. The molecule has 24 heavy (non-hydrogen) atoms. The lowest BCUT2D eigenvalue weighted by molar-refractivity contribution is -0.130. The van der Waals surface area contributed by atoms with Crippen LogP contribution in [-0.2, 0) is 11.3 Å². The van der Waals surface area contributed by atoms with Gasteiger partial charge in [0.15, 0.2) is 6.10 Å². The van der Waals surface area contributed by atoms with Crippen LogP contribution in [0.15, 0.2) is 60.7 Å². The van der Waals surface area contributed by atoms with Gasteiger partial charge in [-0.3, -0.25) is 9.69 Å². The van der Waals surface area contributed by atoms with Crippen molar-refractivity contribution in [3.05, 3.63) is 71.8 Å². The fourth-order valence-electron chi connectivity index (χ4n) is 3.83. The van der Waals surface area contributed by atoms with E-state index in [0.717, 1.165) is 19.6 Å². The van der Waals surface area contributed by atoms with Crippen molar-refractivity contribution >= 4 is 5.91 Å². The van der Waals surface area contributed by atoms with Crippen LogP contribution in [0.3, 0.4) is 0 Å². The van der Waals surface area contributed by atoms with Crippen LogP contribution >= 0.6 is 0 Å². The van der Waals surface area contributed by atoms with Gasteiger partial charge in [0.1, 0.15) is 0 Å². The number of fused-ring (bicyclic) bond motifs is 1. The Morgan fingerprint density at radius 1 is 1.04 bits per heavy atom. The number of hydrogen-bond acceptors (Lipinski definition) is 3. The number of amides is 1. The van der Waals surface area contributed by atoms with Crippen molar-refractivity contribution in [2.24, 2.45) is 11.8 Å². The van der Waals surface area contributed by atoms with E-state index in [-0.39, 0.29) is 11.9 Å². The molecule has 2 fully saturated rings. The predicted molar refractivity (Wildman–Crippen MR) is 92.0 cm³/mol. The van der Waals surface area contributed by atoms with Crippen LogP contribution in [0.5, 0.6) is 0 Å². The second-order valence-corrected chi connectivity index (χ2v) is 6.85. The van der Waals surface area contributed by atoms with Crippen molar-refractivity contribution in [2.75, 3.05) is 13.1 Å². The van der Waals surface area contributed by atoms with Gasteiger partial charge in [-0.1, -0.05) is 60.7 Å². The number of likely N-dealkylation sites (tertiary alicyclic amines) is 1. The van der Waals surface area contributed by atoms with Crippen molar-refractivity contribution in [1.82, 2.24) is 10.2 Å². The third kappa shape index (κ3) is 3.07. The van der Waals surface area contributed by atoms with Crippen molar-refractivity contribution in [3.8, 4) is 0 Å². The molecule has 2 aromatic rings. The van der Waals surface area contributed by atoms with Crippen LogP contribution < -0.4 is 5.32 Å². The number of carbonyl (C=O) groups excluding carboxylic acids is 1. The summed E-state index contributed by atoms with van der Waals surface area (Å²) >= 11 is 0. The van der Waals surface area contributed by atoms with Crippen LogP contribution in [0.1, 0.15) is 17.2 Å². The number of rotatable bonds is 5. The average Bonchev–Trinajstić information content (AvgIpc) is 3.06. The standard InChI is InChI=1S/C20H22N2O2/c23-19(15-9-5-2-6-10-15)20(24)21-18-16-12-22(13-17(16)18)11-14-7-3-1-4-8-14/h1-10,16-19,23H,11-13H2,(H,21,24)/t16-,17+,18+,19?. The molecule has 2 aliphatic rings. The maximum Gasteiger partial charge on any atom is 0.253 e. The number of nitrogens with zero attached hydrogens (tertiary/aromatic N) is 1. The largest absolute Gasteiger partial charge is 0.378 e. The fourth-order valence-corrected chi connectivity index (χ4v) is 3.83. The summed E-state index contributed by atoms with van der Waals surface area (Å²) in [5.74, 6) is 0.775. The second kappa shape index (κ2) is 6.38. The molecule has 2 aromatic carbocycles. The molecule has 0 spiro atoms. The zero-order chi connectivity index (χ0) is 16.5. The highest BCUT2D eigenvalue weighted by Crippen LogP contribution is 2.46. The normalized spacial score (nSPS) is 26.6. The summed E-state index contributed by atoms with van der Waals surface area (Å²) < 4.78 is 0. The highest BCUT2D eigenvalue weighted by Gasteiger charge is 2.56. The van der Waals surface area contributed by atoms with Crippen molar-refractivity contribution in [2.45, 2.75) is 18.7 Å². The smallest absolute Gasteiger partial charge is 0.253 e. The SMILES string of the molecule is O=C(N[C@H]1[C@@H]2CN(Cc3ccccc3)C[C@@H]21)C(O)c1ccccc1. The maximum absolute atomic E-state index is 12.2. The van der Waals surface area contributed by atoms with E-state index >= 15 is 0 Å². The van der Waals surface area contributed by atoms with Crippen LogP contribution in [0.2, 0.25) is 0 Å². The third-order valence-corrected chi connectivity index (χ3v) is 5.19. The molecule has 1 amide bonds. The van der Waals surface area contributed by atoms with E-state index in [1.807, 2.05) is 24.3 Å². The number of nitrogens with one attached hydrogen (secondary N) is 1. The van der Waals surface area contributed by atoms with Crippen LogP contribution in [0.25, 0.3) is 0 Å². The predicted octanol–water partition coefficient (Wildman–Crippen LogP) is 1.97. The zero-order valence-corrected chi connectivity index (χ0v) is 13.5. The van der Waals surface area contributed by atoms with Gasteiger partial charge in [0.2, 0.25) is 0 Å². The van der Waals surface area contributed by atoms with Gasteiger partial charge in [0, 0.05) is 25.7 Å². The molecule has 1 aliphatic carbocycles. The molecule has 4 nitrogen and oxygen atoms in total. The second-order valence-electron chi connectivity index (χ2n) is 6.85. The van der Waals surface area contributed by atoms with E-state index < -0.39 is 6.10 Å². The summed E-state index contributed by atoms with van der Waals surface area (Å²) in [4.78, 5) is 14.7. The molecular weight excluding hydrogens is 300 g/mol. The Hall–Kier alpha value is -2.17. The first kappa shape index (κ1) is 15.4. The maximum atomic E-state index is 12.2. The van der Waals surface area contributed by atoms with Crippen molar-refractivity contribution < 1.29 is 9.90 Å². The molecule has 1 saturated heterocycles. The van der Waals surface area contributed by atoms with Gasteiger partial charge in [0.05, 0.1) is 0 Å². The van der Waals surface area contributed by atoms with Gasteiger partial charge in [-0.25, -0.2) is 0 Å². The highest BCUT2D eigenvalue weighted by atomic mass is 16.3. The van der Waals surface area contributed by atoms with Crippen LogP contribution in [0.4, 0.5) is 0 Å². The van der Waals surface area contributed by atoms with E-state index in [1.165, 1.54) is 5.56 Å². The molecule has 4 heteroatoms. The van der Waals surface area contributed by atoms with E-state index in [0.29, 0.717) is 17.4 Å². The summed E-state index contributed by atoms with van der Waals surface area (Å²) in [5.41, 5.74) is 1.98. The first-order valence-electron chi connectivity index (χ1n) is 8.52.